The van der Waals surface area contributed by atoms with Gasteiger partial charge in [-0.3, -0.25) is 4.90 Å². The molecule has 0 aliphatic carbocycles. The van der Waals surface area contributed by atoms with Gasteiger partial charge in [0.25, 0.3) is 0 Å². The van der Waals surface area contributed by atoms with Crippen LogP contribution >= 0.6 is 0 Å². The molecule has 4 heteroatoms. The van der Waals surface area contributed by atoms with Gasteiger partial charge < -0.3 is 15.6 Å². The van der Waals surface area contributed by atoms with E-state index in [1.54, 1.807) is 0 Å². The molecular weight excluding hydrogens is 168 g/mol. The predicted molar refractivity (Wildman–Crippen MR) is 53.7 cm³/mol. The van der Waals surface area contributed by atoms with Crippen LogP contribution in [0.1, 0.15) is 13.8 Å². The minimum absolute atomic E-state index is 0.0164. The van der Waals surface area contributed by atoms with Crippen LogP contribution < -0.4 is 5.73 Å². The minimum Gasteiger partial charge on any atom is -0.394 e. The van der Waals surface area contributed by atoms with Crippen molar-refractivity contribution in [2.24, 2.45) is 5.73 Å². The average molecular weight is 190 g/mol. The number of aliphatic hydroxyl groups excluding tert-OH is 1. The molecule has 0 rings (SSSR count). The lowest BCUT2D eigenvalue weighted by atomic mass is 10.0. The van der Waals surface area contributed by atoms with Crippen molar-refractivity contribution in [1.82, 2.24) is 4.90 Å². The maximum Gasteiger partial charge on any atom is 0.0698 e. The van der Waals surface area contributed by atoms with Crippen molar-refractivity contribution in [3.63, 3.8) is 0 Å². The third-order valence-electron chi connectivity index (χ3n) is 2.34. The lowest BCUT2D eigenvalue weighted by molar-refractivity contribution is 0.0573. The number of nitrogens with two attached hydrogens (primary N) is 1. The van der Waals surface area contributed by atoms with Crippen LogP contribution in [-0.2, 0) is 4.74 Å². The maximum absolute atomic E-state index is 8.48. The molecule has 0 saturated carbocycles. The summed E-state index contributed by atoms with van der Waals surface area (Å²) in [5.41, 5.74) is 5.63. The Kier molecular flexibility index (Phi) is 6.24. The molecular formula is C9H22N2O2. The summed E-state index contributed by atoms with van der Waals surface area (Å²) >= 11 is 0. The lowest BCUT2D eigenvalue weighted by Gasteiger charge is -2.34. The van der Waals surface area contributed by atoms with E-state index in [-0.39, 0.29) is 12.1 Å². The summed E-state index contributed by atoms with van der Waals surface area (Å²) in [5.74, 6) is 0. The second-order valence-electron chi connectivity index (χ2n) is 3.77. The van der Waals surface area contributed by atoms with Crippen molar-refractivity contribution >= 4 is 0 Å². The van der Waals surface area contributed by atoms with Gasteiger partial charge in [-0.1, -0.05) is 0 Å². The monoisotopic (exact) mass is 190 g/mol. The van der Waals surface area contributed by atoms with Crippen LogP contribution in [0, 0.1) is 0 Å². The number of nitrogens with zero attached hydrogens (tertiary/aromatic N) is 1. The highest BCUT2D eigenvalue weighted by molar-refractivity contribution is 4.79. The first-order valence-electron chi connectivity index (χ1n) is 4.64. The van der Waals surface area contributed by atoms with E-state index in [1.807, 2.05) is 7.05 Å². The first-order chi connectivity index (χ1) is 6.04. The molecule has 0 aromatic rings. The van der Waals surface area contributed by atoms with Crippen LogP contribution in [0.4, 0.5) is 0 Å². The summed E-state index contributed by atoms with van der Waals surface area (Å²) in [6.07, 6.45) is 0. The third kappa shape index (κ3) is 5.21. The van der Waals surface area contributed by atoms with Crippen molar-refractivity contribution in [2.45, 2.75) is 19.4 Å². The van der Waals surface area contributed by atoms with Gasteiger partial charge in [-0.15, -0.1) is 0 Å². The highest BCUT2D eigenvalue weighted by Gasteiger charge is 2.20. The fourth-order valence-corrected chi connectivity index (χ4v) is 0.827. The molecule has 0 aromatic heterocycles. The van der Waals surface area contributed by atoms with Crippen molar-refractivity contribution in [2.75, 3.05) is 40.0 Å². The summed E-state index contributed by atoms with van der Waals surface area (Å²) < 4.78 is 5.16. The van der Waals surface area contributed by atoms with E-state index in [1.165, 1.54) is 0 Å². The van der Waals surface area contributed by atoms with Crippen molar-refractivity contribution in [1.29, 1.82) is 0 Å². The number of ether oxygens (including phenoxy) is 1. The normalized spacial score (nSPS) is 12.5. The summed E-state index contributed by atoms with van der Waals surface area (Å²) in [6.45, 7) is 6.80. The van der Waals surface area contributed by atoms with Crippen molar-refractivity contribution in [3.8, 4) is 0 Å². The third-order valence-corrected chi connectivity index (χ3v) is 2.34. The largest absolute Gasteiger partial charge is 0.394 e. The lowest BCUT2D eigenvalue weighted by Crippen LogP contribution is -2.48. The van der Waals surface area contributed by atoms with Crippen LogP contribution in [0.15, 0.2) is 0 Å². The molecule has 0 spiro atoms. The fourth-order valence-electron chi connectivity index (χ4n) is 0.827. The Morgan fingerprint density at radius 1 is 1.38 bits per heavy atom. The summed E-state index contributed by atoms with van der Waals surface area (Å²) in [7, 11) is 2.02. The van der Waals surface area contributed by atoms with E-state index >= 15 is 0 Å². The molecule has 0 aromatic carbocycles. The smallest absolute Gasteiger partial charge is 0.0698 e. The van der Waals surface area contributed by atoms with Crippen LogP contribution in [0.2, 0.25) is 0 Å². The molecule has 0 unspecified atom stereocenters. The van der Waals surface area contributed by atoms with Gasteiger partial charge in [-0.05, 0) is 20.9 Å². The standard InChI is InChI=1S/C9H22N2O2/c1-9(2,8-10)11(3)4-6-13-7-5-12/h12H,4-8,10H2,1-3H3. The first kappa shape index (κ1) is 12.8. The molecule has 0 amide bonds. The van der Waals surface area contributed by atoms with Gasteiger partial charge in [0.05, 0.1) is 19.8 Å². The molecule has 0 atom stereocenters. The zero-order chi connectivity index (χ0) is 10.3. The summed E-state index contributed by atoms with van der Waals surface area (Å²) in [5, 5.41) is 8.48. The maximum atomic E-state index is 8.48. The average Bonchev–Trinajstić information content (AvgIpc) is 2.12. The Labute approximate surface area is 80.7 Å². The molecule has 0 aliphatic rings. The molecule has 80 valence electrons. The van der Waals surface area contributed by atoms with E-state index in [2.05, 4.69) is 18.7 Å². The molecule has 0 fully saturated rings. The number of likely N-dealkylation sites (N-methyl/N-ethyl adjacent to an activating group) is 1. The molecule has 0 aliphatic heterocycles. The zero-order valence-corrected chi connectivity index (χ0v) is 8.92. The SMILES string of the molecule is CN(CCOCCO)C(C)(C)CN. The number of rotatable bonds is 7. The summed E-state index contributed by atoms with van der Waals surface area (Å²) in [6, 6.07) is 0. The predicted octanol–water partition coefficient (Wildman–Crippen LogP) is -0.336. The van der Waals surface area contributed by atoms with Gasteiger partial charge in [-0.25, -0.2) is 0 Å². The molecule has 3 N–H and O–H groups in total. The van der Waals surface area contributed by atoms with E-state index in [4.69, 9.17) is 15.6 Å². The van der Waals surface area contributed by atoms with E-state index in [0.717, 1.165) is 6.54 Å². The quantitative estimate of drug-likeness (QED) is 0.539. The van der Waals surface area contributed by atoms with Gasteiger partial charge in [0.2, 0.25) is 0 Å². The Morgan fingerprint density at radius 2 is 2.00 bits per heavy atom. The molecule has 4 nitrogen and oxygen atoms in total. The van der Waals surface area contributed by atoms with E-state index < -0.39 is 0 Å². The zero-order valence-electron chi connectivity index (χ0n) is 8.92. The Hall–Kier alpha value is -0.160. The highest BCUT2D eigenvalue weighted by Crippen LogP contribution is 2.08. The summed E-state index contributed by atoms with van der Waals surface area (Å²) in [4.78, 5) is 2.16. The molecule has 0 radical (unpaired) electrons. The Balaban J connectivity index is 3.55. The van der Waals surface area contributed by atoms with Crippen LogP contribution in [-0.4, -0.2) is 55.5 Å². The minimum atomic E-state index is 0.0164. The van der Waals surface area contributed by atoms with E-state index in [0.29, 0.717) is 19.8 Å². The molecule has 0 bridgehead atoms. The number of hydrogen-bond donors (Lipinski definition) is 2. The van der Waals surface area contributed by atoms with Gasteiger partial charge in [0.1, 0.15) is 0 Å². The van der Waals surface area contributed by atoms with Gasteiger partial charge >= 0.3 is 0 Å². The van der Waals surface area contributed by atoms with Gasteiger partial charge in [-0.2, -0.15) is 0 Å². The second kappa shape index (κ2) is 6.32. The van der Waals surface area contributed by atoms with Crippen LogP contribution in [0.25, 0.3) is 0 Å². The fraction of sp³-hybridized carbons (Fsp3) is 1.00. The number of hydrogen-bond acceptors (Lipinski definition) is 4. The van der Waals surface area contributed by atoms with E-state index in [9.17, 15) is 0 Å². The molecule has 0 saturated heterocycles. The van der Waals surface area contributed by atoms with Crippen molar-refractivity contribution in [3.05, 3.63) is 0 Å². The first-order valence-corrected chi connectivity index (χ1v) is 4.64. The highest BCUT2D eigenvalue weighted by atomic mass is 16.5. The Morgan fingerprint density at radius 3 is 2.46 bits per heavy atom. The van der Waals surface area contributed by atoms with Crippen molar-refractivity contribution < 1.29 is 9.84 Å². The number of aliphatic hydroxyl groups is 1. The van der Waals surface area contributed by atoms with Crippen LogP contribution in [0.3, 0.4) is 0 Å². The molecule has 0 heterocycles. The van der Waals surface area contributed by atoms with Gasteiger partial charge in [0, 0.05) is 18.6 Å². The topological polar surface area (TPSA) is 58.7 Å². The van der Waals surface area contributed by atoms with Gasteiger partial charge in [0.15, 0.2) is 0 Å². The second-order valence-corrected chi connectivity index (χ2v) is 3.77. The van der Waals surface area contributed by atoms with Crippen LogP contribution in [0.5, 0.6) is 0 Å². The Bertz CT molecular complexity index is 129. The molecule has 13 heavy (non-hydrogen) atoms.